The first-order valence-corrected chi connectivity index (χ1v) is 9.34. The van der Waals surface area contributed by atoms with Gasteiger partial charge in [0.15, 0.2) is 0 Å². The monoisotopic (exact) mass is 346 g/mol. The Morgan fingerprint density at radius 1 is 1.24 bits per heavy atom. The number of carbonyl (C=O) groups excluding carboxylic acids is 1. The third-order valence-corrected chi connectivity index (χ3v) is 5.72. The van der Waals surface area contributed by atoms with Gasteiger partial charge in [-0.05, 0) is 48.4 Å². The molecule has 1 aromatic carbocycles. The number of rotatable bonds is 5. The maximum absolute atomic E-state index is 13.0. The molecule has 0 bridgehead atoms. The molecule has 1 aliphatic carbocycles. The minimum atomic E-state index is -0.594. The highest BCUT2D eigenvalue weighted by molar-refractivity contribution is 5.82. The van der Waals surface area contributed by atoms with Gasteiger partial charge in [0.1, 0.15) is 11.8 Å². The fourth-order valence-corrected chi connectivity index (χ4v) is 4.36. The zero-order valence-corrected chi connectivity index (χ0v) is 15.4. The summed E-state index contributed by atoms with van der Waals surface area (Å²) in [4.78, 5) is 15.0. The van der Waals surface area contributed by atoms with Gasteiger partial charge >= 0.3 is 0 Å². The van der Waals surface area contributed by atoms with Gasteiger partial charge in [-0.2, -0.15) is 0 Å². The third kappa shape index (κ3) is 3.98. The van der Waals surface area contributed by atoms with Crippen LogP contribution in [0.25, 0.3) is 0 Å². The van der Waals surface area contributed by atoms with E-state index in [1.807, 2.05) is 11.0 Å². The molecule has 2 aliphatic rings. The molecular weight excluding hydrogens is 316 g/mol. The lowest BCUT2D eigenvalue weighted by Crippen LogP contribution is -2.54. The van der Waals surface area contributed by atoms with Crippen LogP contribution >= 0.6 is 0 Å². The van der Waals surface area contributed by atoms with Gasteiger partial charge in [0.05, 0.1) is 13.7 Å². The molecule has 25 heavy (non-hydrogen) atoms. The molecule has 1 heterocycles. The molecule has 3 rings (SSSR count). The van der Waals surface area contributed by atoms with Crippen LogP contribution in [0.3, 0.4) is 0 Å². The Hall–Kier alpha value is -1.59. The summed E-state index contributed by atoms with van der Waals surface area (Å²) in [5.74, 6) is 1.41. The number of hydrogen-bond acceptors (Lipinski definition) is 4. The van der Waals surface area contributed by atoms with Crippen molar-refractivity contribution in [3.8, 4) is 5.75 Å². The van der Waals surface area contributed by atoms with Crippen molar-refractivity contribution in [1.29, 1.82) is 0 Å². The van der Waals surface area contributed by atoms with Crippen LogP contribution in [0.4, 0.5) is 0 Å². The summed E-state index contributed by atoms with van der Waals surface area (Å²) in [7, 11) is 3.26. The molecule has 2 atom stereocenters. The van der Waals surface area contributed by atoms with Crippen LogP contribution in [0.2, 0.25) is 0 Å². The number of fused-ring (bicyclic) bond motifs is 1. The van der Waals surface area contributed by atoms with Crippen molar-refractivity contribution >= 4 is 5.91 Å². The van der Waals surface area contributed by atoms with Crippen LogP contribution in [0, 0.1) is 5.92 Å². The number of ether oxygens (including phenoxy) is 2. The van der Waals surface area contributed by atoms with Crippen LogP contribution in [-0.4, -0.2) is 43.7 Å². The molecular formula is C20H30N2O3. The SMILES string of the molecule is COCC(N)C(=O)N1Cc2cc(OC)ccc2CC1C1CCCCC1. The van der Waals surface area contributed by atoms with Gasteiger partial charge in [-0.15, -0.1) is 0 Å². The Morgan fingerprint density at radius 2 is 2.00 bits per heavy atom. The molecule has 1 aliphatic heterocycles. The van der Waals surface area contributed by atoms with Crippen molar-refractivity contribution in [3.63, 3.8) is 0 Å². The number of carbonyl (C=O) groups is 1. The molecule has 0 saturated heterocycles. The van der Waals surface area contributed by atoms with Crippen LogP contribution in [-0.2, 0) is 22.5 Å². The van der Waals surface area contributed by atoms with E-state index in [2.05, 4.69) is 12.1 Å². The fourth-order valence-electron chi connectivity index (χ4n) is 4.36. The second kappa shape index (κ2) is 8.19. The first-order chi connectivity index (χ1) is 12.1. The van der Waals surface area contributed by atoms with E-state index < -0.39 is 6.04 Å². The second-order valence-corrected chi connectivity index (χ2v) is 7.33. The lowest BCUT2D eigenvalue weighted by atomic mass is 9.78. The number of benzene rings is 1. The van der Waals surface area contributed by atoms with Crippen LogP contribution in [0.15, 0.2) is 18.2 Å². The summed E-state index contributed by atoms with van der Waals surface area (Å²) in [5, 5.41) is 0. The summed E-state index contributed by atoms with van der Waals surface area (Å²) >= 11 is 0. The number of nitrogens with zero attached hydrogens (tertiary/aromatic N) is 1. The first kappa shape index (κ1) is 18.2. The fraction of sp³-hybridized carbons (Fsp3) is 0.650. The Balaban J connectivity index is 1.87. The minimum Gasteiger partial charge on any atom is -0.497 e. The van der Waals surface area contributed by atoms with Crippen molar-refractivity contribution in [2.45, 2.75) is 57.2 Å². The van der Waals surface area contributed by atoms with Gasteiger partial charge in [0.2, 0.25) is 5.91 Å². The number of methoxy groups -OCH3 is 2. The minimum absolute atomic E-state index is 0.00546. The quantitative estimate of drug-likeness (QED) is 0.890. The van der Waals surface area contributed by atoms with E-state index in [-0.39, 0.29) is 18.6 Å². The third-order valence-electron chi connectivity index (χ3n) is 5.72. The van der Waals surface area contributed by atoms with Crippen LogP contribution in [0.1, 0.15) is 43.2 Å². The summed E-state index contributed by atoms with van der Waals surface area (Å²) in [6.07, 6.45) is 7.17. The lowest BCUT2D eigenvalue weighted by molar-refractivity contribution is -0.139. The van der Waals surface area contributed by atoms with Gasteiger partial charge < -0.3 is 20.1 Å². The average molecular weight is 346 g/mol. The van der Waals surface area contributed by atoms with Crippen molar-refractivity contribution in [1.82, 2.24) is 4.90 Å². The summed E-state index contributed by atoms with van der Waals surface area (Å²) in [6.45, 7) is 0.877. The maximum atomic E-state index is 13.0. The Bertz CT molecular complexity index is 599. The molecule has 138 valence electrons. The Labute approximate surface area is 150 Å². The van der Waals surface area contributed by atoms with Crippen LogP contribution in [0.5, 0.6) is 5.75 Å². The van der Waals surface area contributed by atoms with E-state index in [1.54, 1.807) is 14.2 Å². The smallest absolute Gasteiger partial charge is 0.242 e. The second-order valence-electron chi connectivity index (χ2n) is 7.33. The molecule has 0 radical (unpaired) electrons. The predicted octanol–water partition coefficient (Wildman–Crippen LogP) is 2.50. The molecule has 5 nitrogen and oxygen atoms in total. The molecule has 1 saturated carbocycles. The highest BCUT2D eigenvalue weighted by atomic mass is 16.5. The number of amides is 1. The average Bonchev–Trinajstić information content (AvgIpc) is 2.66. The zero-order valence-electron chi connectivity index (χ0n) is 15.4. The van der Waals surface area contributed by atoms with Crippen molar-refractivity contribution < 1.29 is 14.3 Å². The Kier molecular flexibility index (Phi) is 5.97. The van der Waals surface area contributed by atoms with Crippen molar-refractivity contribution in [3.05, 3.63) is 29.3 Å². The molecule has 0 aromatic heterocycles. The lowest BCUT2D eigenvalue weighted by Gasteiger charge is -2.43. The summed E-state index contributed by atoms with van der Waals surface area (Å²) in [5.41, 5.74) is 8.59. The predicted molar refractivity (Wildman–Crippen MR) is 97.5 cm³/mol. The van der Waals surface area contributed by atoms with E-state index >= 15 is 0 Å². The van der Waals surface area contributed by atoms with Gasteiger partial charge in [0.25, 0.3) is 0 Å². The highest BCUT2D eigenvalue weighted by Gasteiger charge is 2.37. The molecule has 5 heteroatoms. The highest BCUT2D eigenvalue weighted by Crippen LogP contribution is 2.36. The van der Waals surface area contributed by atoms with Gasteiger partial charge in [-0.3, -0.25) is 4.79 Å². The maximum Gasteiger partial charge on any atom is 0.242 e. The van der Waals surface area contributed by atoms with Crippen molar-refractivity contribution in [2.75, 3.05) is 20.8 Å². The molecule has 0 spiro atoms. The van der Waals surface area contributed by atoms with Gasteiger partial charge in [-0.1, -0.05) is 25.3 Å². The molecule has 2 N–H and O–H groups in total. The van der Waals surface area contributed by atoms with E-state index in [9.17, 15) is 4.79 Å². The standard InChI is InChI=1S/C20H30N2O3/c1-24-13-18(21)20(23)22-12-16-10-17(25-2)9-8-15(16)11-19(22)14-6-4-3-5-7-14/h8-10,14,18-19H,3-7,11-13,21H2,1-2H3. The molecule has 2 unspecified atom stereocenters. The summed E-state index contributed by atoms with van der Waals surface area (Å²) in [6, 6.07) is 5.88. The molecule has 1 fully saturated rings. The van der Waals surface area contributed by atoms with Gasteiger partial charge in [0, 0.05) is 19.7 Å². The van der Waals surface area contributed by atoms with Gasteiger partial charge in [-0.25, -0.2) is 0 Å². The summed E-state index contributed by atoms with van der Waals surface area (Å²) < 4.78 is 10.5. The first-order valence-electron chi connectivity index (χ1n) is 9.34. The number of hydrogen-bond donors (Lipinski definition) is 1. The molecule has 1 aromatic rings. The van der Waals surface area contributed by atoms with Crippen molar-refractivity contribution in [2.24, 2.45) is 11.7 Å². The topological polar surface area (TPSA) is 64.8 Å². The van der Waals surface area contributed by atoms with E-state index in [4.69, 9.17) is 15.2 Å². The van der Waals surface area contributed by atoms with E-state index in [0.717, 1.165) is 12.2 Å². The Morgan fingerprint density at radius 3 is 2.68 bits per heavy atom. The largest absolute Gasteiger partial charge is 0.497 e. The van der Waals surface area contributed by atoms with E-state index in [1.165, 1.54) is 43.2 Å². The number of nitrogens with two attached hydrogens (primary N) is 1. The van der Waals surface area contributed by atoms with Crippen LogP contribution < -0.4 is 10.5 Å². The van der Waals surface area contributed by atoms with E-state index in [0.29, 0.717) is 12.5 Å². The molecule has 1 amide bonds. The zero-order chi connectivity index (χ0) is 17.8. The normalized spacial score (nSPS) is 22.4.